The second-order valence-electron chi connectivity index (χ2n) is 6.08. The molecule has 0 amide bonds. The predicted molar refractivity (Wildman–Crippen MR) is 89.1 cm³/mol. The predicted octanol–water partition coefficient (Wildman–Crippen LogP) is 4.15. The van der Waals surface area contributed by atoms with Gasteiger partial charge in [-0.15, -0.1) is 0 Å². The summed E-state index contributed by atoms with van der Waals surface area (Å²) in [4.78, 5) is 3.96. The molecule has 0 radical (unpaired) electrons. The molecule has 2 atom stereocenters. The van der Waals surface area contributed by atoms with E-state index >= 15 is 0 Å². The van der Waals surface area contributed by atoms with Crippen molar-refractivity contribution in [2.45, 2.75) is 31.6 Å². The van der Waals surface area contributed by atoms with Crippen LogP contribution < -0.4 is 9.47 Å². The molecule has 23 heavy (non-hydrogen) atoms. The van der Waals surface area contributed by atoms with Gasteiger partial charge in [-0.2, -0.15) is 0 Å². The molecule has 1 aromatic carbocycles. The van der Waals surface area contributed by atoms with Crippen LogP contribution in [-0.4, -0.2) is 23.8 Å². The number of hydrogen-bond acceptors (Lipinski definition) is 4. The number of methoxy groups -OCH3 is 1. The molecule has 2 aromatic rings. The van der Waals surface area contributed by atoms with Crippen molar-refractivity contribution in [2.24, 2.45) is 5.92 Å². The zero-order valence-electron chi connectivity index (χ0n) is 13.4. The minimum absolute atomic E-state index is 0.132. The molecule has 0 aliphatic heterocycles. The van der Waals surface area contributed by atoms with Gasteiger partial charge in [-0.1, -0.05) is 31.0 Å². The molecule has 4 nitrogen and oxygen atoms in total. The molecule has 3 rings (SSSR count). The standard InChI is InChI=1S/C19H23NO3/c1-22-19-9-5-4-8-18(19)17-7-3-2-6-14(17)13-23-16-10-15(21)11-20-12-16/h4-5,8-12,14,17,21H,2-3,6-7,13H2,1H3. The maximum absolute atomic E-state index is 9.49. The minimum Gasteiger partial charge on any atom is -0.506 e. The molecule has 1 heterocycles. The van der Waals surface area contributed by atoms with Crippen molar-refractivity contribution in [3.8, 4) is 17.2 Å². The Bertz CT molecular complexity index is 644. The van der Waals surface area contributed by atoms with Crippen LogP contribution in [0, 0.1) is 5.92 Å². The Hall–Kier alpha value is -2.23. The first kappa shape index (κ1) is 15.7. The maximum atomic E-state index is 9.49. The van der Waals surface area contributed by atoms with Crippen molar-refractivity contribution in [1.29, 1.82) is 0 Å². The molecule has 4 heteroatoms. The van der Waals surface area contributed by atoms with Gasteiger partial charge in [-0.05, 0) is 36.3 Å². The summed E-state index contributed by atoms with van der Waals surface area (Å²) in [6.07, 6.45) is 7.83. The normalized spacial score (nSPS) is 20.9. The van der Waals surface area contributed by atoms with Crippen LogP contribution in [0.4, 0.5) is 0 Å². The van der Waals surface area contributed by atoms with Crippen LogP contribution in [-0.2, 0) is 0 Å². The zero-order valence-corrected chi connectivity index (χ0v) is 13.4. The Morgan fingerprint density at radius 3 is 2.83 bits per heavy atom. The highest BCUT2D eigenvalue weighted by Crippen LogP contribution is 2.41. The van der Waals surface area contributed by atoms with Crippen molar-refractivity contribution in [2.75, 3.05) is 13.7 Å². The average Bonchev–Trinajstić information content (AvgIpc) is 2.60. The Morgan fingerprint density at radius 2 is 2.00 bits per heavy atom. The number of aromatic hydroxyl groups is 1. The number of ether oxygens (including phenoxy) is 2. The first-order valence-electron chi connectivity index (χ1n) is 8.17. The van der Waals surface area contributed by atoms with Crippen molar-refractivity contribution >= 4 is 0 Å². The Labute approximate surface area is 137 Å². The molecule has 1 aromatic heterocycles. The lowest BCUT2D eigenvalue weighted by Gasteiger charge is -2.32. The van der Waals surface area contributed by atoms with Crippen LogP contribution in [0.2, 0.25) is 0 Å². The molecule has 1 fully saturated rings. The molecule has 1 N–H and O–H groups in total. The molecule has 1 aliphatic rings. The van der Waals surface area contributed by atoms with Crippen molar-refractivity contribution in [1.82, 2.24) is 4.98 Å². The van der Waals surface area contributed by atoms with Gasteiger partial charge in [-0.25, -0.2) is 0 Å². The Balaban J connectivity index is 1.74. The third-order valence-corrected chi connectivity index (χ3v) is 4.61. The number of nitrogens with zero attached hydrogens (tertiary/aromatic N) is 1. The van der Waals surface area contributed by atoms with Gasteiger partial charge < -0.3 is 14.6 Å². The molecule has 0 spiro atoms. The number of rotatable bonds is 5. The number of aromatic nitrogens is 1. The maximum Gasteiger partial charge on any atom is 0.141 e. The van der Waals surface area contributed by atoms with Gasteiger partial charge in [0.25, 0.3) is 0 Å². The highest BCUT2D eigenvalue weighted by atomic mass is 16.5. The number of benzene rings is 1. The second-order valence-corrected chi connectivity index (χ2v) is 6.08. The highest BCUT2D eigenvalue weighted by Gasteiger charge is 2.29. The van der Waals surface area contributed by atoms with Crippen LogP contribution in [0.15, 0.2) is 42.7 Å². The Morgan fingerprint density at radius 1 is 1.17 bits per heavy atom. The molecular formula is C19H23NO3. The summed E-state index contributed by atoms with van der Waals surface area (Å²) in [6, 6.07) is 9.88. The van der Waals surface area contributed by atoms with Crippen LogP contribution in [0.5, 0.6) is 17.2 Å². The lowest BCUT2D eigenvalue weighted by molar-refractivity contribution is 0.183. The lowest BCUT2D eigenvalue weighted by Crippen LogP contribution is -2.24. The van der Waals surface area contributed by atoms with Gasteiger partial charge in [0.15, 0.2) is 0 Å². The number of para-hydroxylation sites is 1. The highest BCUT2D eigenvalue weighted by molar-refractivity contribution is 5.37. The third-order valence-electron chi connectivity index (χ3n) is 4.61. The molecule has 0 bridgehead atoms. The molecule has 2 unspecified atom stereocenters. The van der Waals surface area contributed by atoms with E-state index in [0.717, 1.165) is 18.6 Å². The van der Waals surface area contributed by atoms with Crippen molar-refractivity contribution in [3.05, 3.63) is 48.3 Å². The van der Waals surface area contributed by atoms with Crippen molar-refractivity contribution < 1.29 is 14.6 Å². The molecule has 122 valence electrons. The SMILES string of the molecule is COc1ccccc1C1CCCCC1COc1cncc(O)c1. The number of hydrogen-bond donors (Lipinski definition) is 1. The molecule has 0 saturated heterocycles. The quantitative estimate of drug-likeness (QED) is 0.901. The van der Waals surface area contributed by atoms with Gasteiger partial charge >= 0.3 is 0 Å². The van der Waals surface area contributed by atoms with E-state index in [-0.39, 0.29) is 5.75 Å². The van der Waals surface area contributed by atoms with Crippen LogP contribution in [0.1, 0.15) is 37.2 Å². The topological polar surface area (TPSA) is 51.6 Å². The monoisotopic (exact) mass is 313 g/mol. The summed E-state index contributed by atoms with van der Waals surface area (Å²) in [5, 5.41) is 9.49. The first-order chi connectivity index (χ1) is 11.3. The molecular weight excluding hydrogens is 290 g/mol. The largest absolute Gasteiger partial charge is 0.506 e. The fraction of sp³-hybridized carbons (Fsp3) is 0.421. The van der Waals surface area contributed by atoms with Gasteiger partial charge in [0.05, 0.1) is 26.1 Å². The van der Waals surface area contributed by atoms with E-state index in [0.29, 0.717) is 24.2 Å². The fourth-order valence-electron chi connectivity index (χ4n) is 3.48. The van der Waals surface area contributed by atoms with E-state index in [4.69, 9.17) is 9.47 Å². The molecule has 1 aliphatic carbocycles. The third kappa shape index (κ3) is 3.76. The van der Waals surface area contributed by atoms with E-state index in [1.165, 1.54) is 24.6 Å². The summed E-state index contributed by atoms with van der Waals surface area (Å²) < 4.78 is 11.4. The summed E-state index contributed by atoms with van der Waals surface area (Å²) >= 11 is 0. The average molecular weight is 313 g/mol. The van der Waals surface area contributed by atoms with Gasteiger partial charge in [0.1, 0.15) is 17.2 Å². The first-order valence-corrected chi connectivity index (χ1v) is 8.17. The summed E-state index contributed by atoms with van der Waals surface area (Å²) in [7, 11) is 1.73. The van der Waals surface area contributed by atoms with Crippen LogP contribution >= 0.6 is 0 Å². The van der Waals surface area contributed by atoms with Crippen molar-refractivity contribution in [3.63, 3.8) is 0 Å². The van der Waals surface area contributed by atoms with Gasteiger partial charge in [0, 0.05) is 6.07 Å². The fourth-order valence-corrected chi connectivity index (χ4v) is 3.48. The smallest absolute Gasteiger partial charge is 0.141 e. The molecule has 1 saturated carbocycles. The Kier molecular flexibility index (Phi) is 5.01. The second kappa shape index (κ2) is 7.36. The summed E-state index contributed by atoms with van der Waals surface area (Å²) in [5.74, 6) is 2.61. The van der Waals surface area contributed by atoms with E-state index in [2.05, 4.69) is 17.1 Å². The van der Waals surface area contributed by atoms with Gasteiger partial charge in [0.2, 0.25) is 0 Å². The van der Waals surface area contributed by atoms with Crippen LogP contribution in [0.3, 0.4) is 0 Å². The van der Waals surface area contributed by atoms with Crippen LogP contribution in [0.25, 0.3) is 0 Å². The summed E-state index contributed by atoms with van der Waals surface area (Å²) in [6.45, 7) is 0.633. The minimum atomic E-state index is 0.132. The van der Waals surface area contributed by atoms with Gasteiger partial charge in [-0.3, -0.25) is 4.98 Å². The van der Waals surface area contributed by atoms with E-state index in [9.17, 15) is 5.11 Å². The van der Waals surface area contributed by atoms with E-state index in [1.54, 1.807) is 19.4 Å². The lowest BCUT2D eigenvalue weighted by atomic mass is 9.75. The van der Waals surface area contributed by atoms with E-state index < -0.39 is 0 Å². The zero-order chi connectivity index (χ0) is 16.1. The summed E-state index contributed by atoms with van der Waals surface area (Å²) in [5.41, 5.74) is 1.28. The number of pyridine rings is 1. The van der Waals surface area contributed by atoms with E-state index in [1.807, 2.05) is 12.1 Å².